The van der Waals surface area contributed by atoms with Crippen LogP contribution in [-0.2, 0) is 0 Å². The van der Waals surface area contributed by atoms with Crippen LogP contribution in [0.15, 0.2) is 24.3 Å². The molecular formula is C18H26N2O. The summed E-state index contributed by atoms with van der Waals surface area (Å²) >= 11 is 0. The SMILES string of the molecule is CC(C)(C#N)CCCCN1CCCC(O)c2ccccc21. The number of rotatable bonds is 5. The fourth-order valence-corrected chi connectivity index (χ4v) is 2.97. The Hall–Kier alpha value is -1.53. The zero-order valence-electron chi connectivity index (χ0n) is 13.2. The van der Waals surface area contributed by atoms with Crippen molar-refractivity contribution in [2.75, 3.05) is 18.0 Å². The molecule has 114 valence electrons. The molecule has 0 saturated heterocycles. The third kappa shape index (κ3) is 4.22. The molecular weight excluding hydrogens is 260 g/mol. The molecule has 3 heteroatoms. The van der Waals surface area contributed by atoms with Gasteiger partial charge in [-0.1, -0.05) is 24.6 Å². The number of hydrogen-bond acceptors (Lipinski definition) is 3. The summed E-state index contributed by atoms with van der Waals surface area (Å²) in [7, 11) is 0. The molecule has 0 fully saturated rings. The minimum absolute atomic E-state index is 0.215. The number of unbranched alkanes of at least 4 members (excludes halogenated alkanes) is 1. The molecule has 0 radical (unpaired) electrons. The molecule has 0 amide bonds. The Kier molecular flexibility index (Phi) is 5.25. The molecule has 0 aliphatic carbocycles. The Morgan fingerprint density at radius 1 is 1.33 bits per heavy atom. The Bertz CT molecular complexity index is 504. The van der Waals surface area contributed by atoms with Gasteiger partial charge in [-0.25, -0.2) is 0 Å². The van der Waals surface area contributed by atoms with Crippen molar-refractivity contribution in [3.63, 3.8) is 0 Å². The first kappa shape index (κ1) is 15.9. The zero-order valence-corrected chi connectivity index (χ0v) is 13.2. The van der Waals surface area contributed by atoms with E-state index in [0.717, 1.165) is 50.8 Å². The van der Waals surface area contributed by atoms with Crippen LogP contribution in [0.25, 0.3) is 0 Å². The van der Waals surface area contributed by atoms with Crippen molar-refractivity contribution in [3.8, 4) is 6.07 Å². The lowest BCUT2D eigenvalue weighted by atomic mass is 9.89. The quantitative estimate of drug-likeness (QED) is 0.831. The topological polar surface area (TPSA) is 47.3 Å². The first-order valence-electron chi connectivity index (χ1n) is 7.97. The summed E-state index contributed by atoms with van der Waals surface area (Å²) in [6.45, 7) is 6.02. The molecule has 0 spiro atoms. The van der Waals surface area contributed by atoms with E-state index in [4.69, 9.17) is 5.26 Å². The van der Waals surface area contributed by atoms with Gasteiger partial charge in [0.25, 0.3) is 0 Å². The highest BCUT2D eigenvalue weighted by Crippen LogP contribution is 2.33. The van der Waals surface area contributed by atoms with Gasteiger partial charge in [0, 0.05) is 24.3 Å². The molecule has 1 unspecified atom stereocenters. The zero-order chi connectivity index (χ0) is 15.3. The van der Waals surface area contributed by atoms with Crippen LogP contribution in [0, 0.1) is 16.7 Å². The van der Waals surface area contributed by atoms with E-state index < -0.39 is 0 Å². The standard InChI is InChI=1S/C18H26N2O/c1-18(2,14-19)11-5-6-12-20-13-7-10-17(21)15-8-3-4-9-16(15)20/h3-4,8-9,17,21H,5-7,10-13H2,1-2H3. The monoisotopic (exact) mass is 286 g/mol. The van der Waals surface area contributed by atoms with Crippen molar-refractivity contribution in [1.82, 2.24) is 0 Å². The number of anilines is 1. The van der Waals surface area contributed by atoms with E-state index in [1.165, 1.54) is 5.69 Å². The van der Waals surface area contributed by atoms with Gasteiger partial charge in [-0.2, -0.15) is 5.26 Å². The van der Waals surface area contributed by atoms with Crippen molar-refractivity contribution in [2.24, 2.45) is 5.41 Å². The number of hydrogen-bond donors (Lipinski definition) is 1. The number of aliphatic hydroxyl groups is 1. The lowest BCUT2D eigenvalue weighted by Gasteiger charge is -2.25. The minimum atomic E-state index is -0.330. The molecule has 0 bridgehead atoms. The second-order valence-electron chi connectivity index (χ2n) is 6.66. The summed E-state index contributed by atoms with van der Waals surface area (Å²) in [6, 6.07) is 10.6. The number of fused-ring (bicyclic) bond motifs is 1. The van der Waals surface area contributed by atoms with Gasteiger partial charge in [-0.3, -0.25) is 0 Å². The van der Waals surface area contributed by atoms with Crippen LogP contribution in [0.3, 0.4) is 0 Å². The first-order valence-corrected chi connectivity index (χ1v) is 7.97. The van der Waals surface area contributed by atoms with Crippen LogP contribution in [0.1, 0.15) is 57.6 Å². The van der Waals surface area contributed by atoms with E-state index in [2.05, 4.69) is 17.0 Å². The predicted molar refractivity (Wildman–Crippen MR) is 86.1 cm³/mol. The summed E-state index contributed by atoms with van der Waals surface area (Å²) in [5, 5.41) is 19.3. The number of nitrogens with zero attached hydrogens (tertiary/aromatic N) is 2. The highest BCUT2D eigenvalue weighted by atomic mass is 16.3. The number of para-hydroxylation sites is 1. The maximum Gasteiger partial charge on any atom is 0.0810 e. The van der Waals surface area contributed by atoms with Gasteiger partial charge in [-0.05, 0) is 45.6 Å². The van der Waals surface area contributed by atoms with Crippen LogP contribution in [0.5, 0.6) is 0 Å². The van der Waals surface area contributed by atoms with E-state index >= 15 is 0 Å². The van der Waals surface area contributed by atoms with Gasteiger partial charge in [0.2, 0.25) is 0 Å². The summed E-state index contributed by atoms with van der Waals surface area (Å²) in [6.07, 6.45) is 4.65. The fraction of sp³-hybridized carbons (Fsp3) is 0.611. The van der Waals surface area contributed by atoms with Crippen LogP contribution in [0.2, 0.25) is 0 Å². The number of nitriles is 1. The van der Waals surface area contributed by atoms with E-state index in [0.29, 0.717) is 0 Å². The number of benzene rings is 1. The van der Waals surface area contributed by atoms with Gasteiger partial charge in [0.1, 0.15) is 0 Å². The Morgan fingerprint density at radius 2 is 2.10 bits per heavy atom. The molecule has 1 aliphatic rings. The maximum absolute atomic E-state index is 10.2. The smallest absolute Gasteiger partial charge is 0.0810 e. The molecule has 1 aromatic carbocycles. The highest BCUT2D eigenvalue weighted by molar-refractivity contribution is 5.55. The average Bonchev–Trinajstić information content (AvgIpc) is 2.64. The van der Waals surface area contributed by atoms with Gasteiger partial charge >= 0.3 is 0 Å². The van der Waals surface area contributed by atoms with Gasteiger partial charge in [-0.15, -0.1) is 0 Å². The lowest BCUT2D eigenvalue weighted by Crippen LogP contribution is -2.25. The fourth-order valence-electron chi connectivity index (χ4n) is 2.97. The third-order valence-electron chi connectivity index (χ3n) is 4.32. The van der Waals surface area contributed by atoms with Crippen molar-refractivity contribution in [1.29, 1.82) is 5.26 Å². The minimum Gasteiger partial charge on any atom is -0.388 e. The van der Waals surface area contributed by atoms with Crippen molar-refractivity contribution in [2.45, 2.75) is 52.1 Å². The summed E-state index contributed by atoms with van der Waals surface area (Å²) < 4.78 is 0. The van der Waals surface area contributed by atoms with Crippen molar-refractivity contribution in [3.05, 3.63) is 29.8 Å². The van der Waals surface area contributed by atoms with E-state index in [1.54, 1.807) is 0 Å². The largest absolute Gasteiger partial charge is 0.388 e. The predicted octanol–water partition coefficient (Wildman–Crippen LogP) is 4.04. The summed E-state index contributed by atoms with van der Waals surface area (Å²) in [5.74, 6) is 0. The van der Waals surface area contributed by atoms with Crippen molar-refractivity contribution >= 4 is 5.69 Å². The summed E-state index contributed by atoms with van der Waals surface area (Å²) in [4.78, 5) is 2.39. The average molecular weight is 286 g/mol. The molecule has 1 aliphatic heterocycles. The Balaban J connectivity index is 1.95. The van der Waals surface area contributed by atoms with Crippen LogP contribution in [0.4, 0.5) is 5.69 Å². The van der Waals surface area contributed by atoms with Crippen LogP contribution in [-0.4, -0.2) is 18.2 Å². The normalized spacial score (nSPS) is 18.8. The molecule has 1 aromatic rings. The molecule has 3 nitrogen and oxygen atoms in total. The van der Waals surface area contributed by atoms with Crippen LogP contribution >= 0.6 is 0 Å². The first-order chi connectivity index (χ1) is 10.0. The summed E-state index contributed by atoms with van der Waals surface area (Å²) in [5.41, 5.74) is 2.03. The molecule has 1 atom stereocenters. The Labute approximate surface area is 128 Å². The van der Waals surface area contributed by atoms with Gasteiger partial charge in [0.05, 0.1) is 17.6 Å². The molecule has 21 heavy (non-hydrogen) atoms. The van der Waals surface area contributed by atoms with E-state index in [1.807, 2.05) is 32.0 Å². The van der Waals surface area contributed by atoms with E-state index in [9.17, 15) is 5.11 Å². The maximum atomic E-state index is 10.2. The highest BCUT2D eigenvalue weighted by Gasteiger charge is 2.21. The molecule has 1 heterocycles. The van der Waals surface area contributed by atoms with Crippen LogP contribution < -0.4 is 4.90 Å². The van der Waals surface area contributed by atoms with Gasteiger partial charge < -0.3 is 10.0 Å². The second kappa shape index (κ2) is 6.95. The molecule has 2 rings (SSSR count). The molecule has 1 N–H and O–H groups in total. The second-order valence-corrected chi connectivity index (χ2v) is 6.66. The Morgan fingerprint density at radius 3 is 2.86 bits per heavy atom. The molecule has 0 aromatic heterocycles. The van der Waals surface area contributed by atoms with Crippen molar-refractivity contribution < 1.29 is 5.11 Å². The molecule has 0 saturated carbocycles. The van der Waals surface area contributed by atoms with Gasteiger partial charge in [0.15, 0.2) is 0 Å². The lowest BCUT2D eigenvalue weighted by molar-refractivity contribution is 0.168. The number of aliphatic hydroxyl groups excluding tert-OH is 1. The third-order valence-corrected chi connectivity index (χ3v) is 4.32. The van der Waals surface area contributed by atoms with E-state index in [-0.39, 0.29) is 11.5 Å².